The average molecular weight is 518 g/mol. The van der Waals surface area contributed by atoms with Crippen molar-refractivity contribution >= 4 is 44.1 Å². The minimum atomic E-state index is -3.50. The number of urea groups is 1. The second kappa shape index (κ2) is 10.4. The fourth-order valence-electron chi connectivity index (χ4n) is 4.22. The number of imide groups is 1. The molecule has 1 fully saturated rings. The Bertz CT molecular complexity index is 1450. The van der Waals surface area contributed by atoms with E-state index in [1.807, 2.05) is 36.4 Å². The largest absolute Gasteiger partial charge is 1.00 e. The Morgan fingerprint density at radius 2 is 1.67 bits per heavy atom. The van der Waals surface area contributed by atoms with E-state index in [1.54, 1.807) is 24.1 Å². The van der Waals surface area contributed by atoms with Crippen LogP contribution in [-0.2, 0) is 20.2 Å². The van der Waals surface area contributed by atoms with Gasteiger partial charge < -0.3 is 9.46 Å². The Labute approximate surface area is 233 Å². The SMILES string of the molecule is COc1c(-c2ccc3cc([N-]S(C)(=O)=O)ccc3c2)cc(N2CCC(=O)NC2=O)cc1C(C)(C)C.[Na+]. The van der Waals surface area contributed by atoms with Crippen LogP contribution in [0.4, 0.5) is 16.2 Å². The zero-order chi connectivity index (χ0) is 25.5. The van der Waals surface area contributed by atoms with Crippen molar-refractivity contribution in [3.05, 3.63) is 58.8 Å². The maximum Gasteiger partial charge on any atom is 1.00 e. The van der Waals surface area contributed by atoms with Crippen molar-refractivity contribution in [3.63, 3.8) is 0 Å². The monoisotopic (exact) mass is 517 g/mol. The second-order valence-electron chi connectivity index (χ2n) is 9.65. The van der Waals surface area contributed by atoms with E-state index >= 15 is 0 Å². The number of anilines is 1. The van der Waals surface area contributed by atoms with E-state index in [1.165, 1.54) is 0 Å². The molecule has 0 aromatic heterocycles. The predicted octanol–water partition coefficient (Wildman–Crippen LogP) is 2.23. The summed E-state index contributed by atoms with van der Waals surface area (Å²) in [6.07, 6.45) is 1.29. The molecule has 0 bridgehead atoms. The molecule has 3 amide bonds. The number of amides is 3. The van der Waals surface area contributed by atoms with Crippen LogP contribution >= 0.6 is 0 Å². The molecule has 1 N–H and O–H groups in total. The van der Waals surface area contributed by atoms with Crippen LogP contribution < -0.4 is 44.5 Å². The Morgan fingerprint density at radius 3 is 2.28 bits per heavy atom. The fourth-order valence-corrected chi connectivity index (χ4v) is 4.72. The van der Waals surface area contributed by atoms with Gasteiger partial charge in [-0.3, -0.25) is 15.0 Å². The average Bonchev–Trinajstić information content (AvgIpc) is 2.76. The normalized spacial score (nSPS) is 14.3. The number of carbonyl (C=O) groups excluding carboxylic acids is 2. The van der Waals surface area contributed by atoms with Crippen molar-refractivity contribution < 1.29 is 52.3 Å². The van der Waals surface area contributed by atoms with Crippen LogP contribution in [0.5, 0.6) is 5.75 Å². The number of rotatable bonds is 5. The number of nitrogens with zero attached hydrogens (tertiary/aromatic N) is 2. The van der Waals surface area contributed by atoms with Crippen LogP contribution in [0.2, 0.25) is 0 Å². The molecule has 3 aromatic rings. The summed E-state index contributed by atoms with van der Waals surface area (Å²) in [6, 6.07) is 14.4. The van der Waals surface area contributed by atoms with Gasteiger partial charge in [0, 0.05) is 36.0 Å². The quantitative estimate of drug-likeness (QED) is 0.523. The third-order valence-corrected chi connectivity index (χ3v) is 6.40. The number of hydrogen-bond acceptors (Lipinski definition) is 5. The molecule has 1 aliphatic heterocycles. The first kappa shape index (κ1) is 28.0. The molecular formula is C26H28N3NaO5S. The van der Waals surface area contributed by atoms with Gasteiger partial charge in [-0.1, -0.05) is 51.1 Å². The Kier molecular flexibility index (Phi) is 8.10. The number of sulfonamides is 1. The van der Waals surface area contributed by atoms with Crippen molar-refractivity contribution in [2.24, 2.45) is 0 Å². The van der Waals surface area contributed by atoms with Gasteiger partial charge in [-0.2, -0.15) is 0 Å². The van der Waals surface area contributed by atoms with Gasteiger partial charge in [-0.15, -0.1) is 5.69 Å². The number of benzene rings is 3. The maximum absolute atomic E-state index is 12.6. The molecule has 8 nitrogen and oxygen atoms in total. The van der Waals surface area contributed by atoms with E-state index in [0.717, 1.165) is 33.7 Å². The molecule has 0 unspecified atom stereocenters. The number of nitrogens with one attached hydrogen (secondary N) is 1. The molecule has 0 aliphatic carbocycles. The molecule has 36 heavy (non-hydrogen) atoms. The van der Waals surface area contributed by atoms with Crippen molar-refractivity contribution in [2.45, 2.75) is 32.6 Å². The maximum atomic E-state index is 12.6. The topological polar surface area (TPSA) is 107 Å². The van der Waals surface area contributed by atoms with Crippen LogP contribution in [0, 0.1) is 0 Å². The molecule has 1 aliphatic rings. The minimum absolute atomic E-state index is 0. The molecule has 1 saturated heterocycles. The zero-order valence-corrected chi connectivity index (χ0v) is 24.2. The van der Waals surface area contributed by atoms with Crippen LogP contribution in [0.3, 0.4) is 0 Å². The molecule has 10 heteroatoms. The number of ether oxygens (including phenoxy) is 1. The summed E-state index contributed by atoms with van der Waals surface area (Å²) in [5, 5.41) is 4.13. The van der Waals surface area contributed by atoms with Gasteiger partial charge in [0.2, 0.25) is 5.91 Å². The third-order valence-electron chi connectivity index (χ3n) is 5.86. The molecule has 1 heterocycles. The van der Waals surface area contributed by atoms with Gasteiger partial charge in [0.25, 0.3) is 0 Å². The second-order valence-corrected chi connectivity index (χ2v) is 11.3. The van der Waals surface area contributed by atoms with Gasteiger partial charge in [0.15, 0.2) is 0 Å². The fraction of sp³-hybridized carbons (Fsp3) is 0.308. The predicted molar refractivity (Wildman–Crippen MR) is 138 cm³/mol. The molecule has 184 valence electrons. The van der Waals surface area contributed by atoms with Crippen LogP contribution in [-0.4, -0.2) is 40.3 Å². The number of carbonyl (C=O) groups is 2. The molecule has 0 saturated carbocycles. The molecule has 0 spiro atoms. The van der Waals surface area contributed by atoms with Crippen molar-refractivity contribution in [1.82, 2.24) is 5.32 Å². The Morgan fingerprint density at radius 1 is 1.00 bits per heavy atom. The number of methoxy groups -OCH3 is 1. The summed E-state index contributed by atoms with van der Waals surface area (Å²) >= 11 is 0. The van der Waals surface area contributed by atoms with E-state index in [4.69, 9.17) is 4.74 Å². The smallest absolute Gasteiger partial charge is 0.577 e. The van der Waals surface area contributed by atoms with Crippen LogP contribution in [0.25, 0.3) is 26.6 Å². The van der Waals surface area contributed by atoms with E-state index in [0.29, 0.717) is 23.7 Å². The van der Waals surface area contributed by atoms with E-state index in [-0.39, 0.29) is 47.3 Å². The first-order valence-corrected chi connectivity index (χ1v) is 13.0. The van der Waals surface area contributed by atoms with E-state index in [9.17, 15) is 18.0 Å². The summed E-state index contributed by atoms with van der Waals surface area (Å²) in [6.45, 7) is 6.52. The standard InChI is InChI=1S/C26H28N3O5S.Na/c1-26(2,3)22-15-20(29-11-10-23(30)27-25(29)31)14-21(24(22)34-4)18-7-6-17-13-19(28-35(5,32)33)9-8-16(17)12-18;/h6-9,12-15H,10-11H2,1-5H3,(H,27,30,31);/q-1;+1. The molecule has 0 atom stereocenters. The van der Waals surface area contributed by atoms with Gasteiger partial charge in [-0.25, -0.2) is 13.2 Å². The molecular weight excluding hydrogens is 489 g/mol. The number of fused-ring (bicyclic) bond motifs is 1. The van der Waals surface area contributed by atoms with E-state index in [2.05, 4.69) is 30.8 Å². The summed E-state index contributed by atoms with van der Waals surface area (Å²) < 4.78 is 32.7. The summed E-state index contributed by atoms with van der Waals surface area (Å²) in [7, 11) is -1.87. The third kappa shape index (κ3) is 6.03. The van der Waals surface area contributed by atoms with Crippen molar-refractivity contribution in [2.75, 3.05) is 24.8 Å². The minimum Gasteiger partial charge on any atom is -0.577 e. The van der Waals surface area contributed by atoms with Crippen molar-refractivity contribution in [1.29, 1.82) is 0 Å². The zero-order valence-electron chi connectivity index (χ0n) is 21.4. The summed E-state index contributed by atoms with van der Waals surface area (Å²) in [5.41, 5.74) is 3.39. The summed E-state index contributed by atoms with van der Waals surface area (Å²) in [5.74, 6) is 0.422. The van der Waals surface area contributed by atoms with Crippen LogP contribution in [0.1, 0.15) is 32.8 Å². The van der Waals surface area contributed by atoms with Crippen LogP contribution in [0.15, 0.2) is 48.5 Å². The Hall–Kier alpha value is -2.59. The van der Waals surface area contributed by atoms with E-state index < -0.39 is 16.1 Å². The molecule has 3 aromatic carbocycles. The molecule has 0 radical (unpaired) electrons. The van der Waals surface area contributed by atoms with Gasteiger partial charge in [-0.05, 0) is 39.9 Å². The summed E-state index contributed by atoms with van der Waals surface area (Å²) in [4.78, 5) is 25.8. The first-order chi connectivity index (χ1) is 16.4. The van der Waals surface area contributed by atoms with Gasteiger partial charge in [0.1, 0.15) is 5.75 Å². The van der Waals surface area contributed by atoms with Gasteiger partial charge >= 0.3 is 35.6 Å². The van der Waals surface area contributed by atoms with Gasteiger partial charge in [0.05, 0.1) is 17.1 Å². The van der Waals surface area contributed by atoms with Crippen molar-refractivity contribution in [3.8, 4) is 16.9 Å². The first-order valence-electron chi connectivity index (χ1n) is 11.2. The molecule has 4 rings (SSSR count). The number of hydrogen-bond donors (Lipinski definition) is 1. The Balaban J connectivity index is 0.00000361.